The Morgan fingerprint density at radius 1 is 0.625 bits per heavy atom. The number of imidazole rings is 2. The number of nitrogens with zero attached hydrogens (tertiary/aromatic N) is 4. The summed E-state index contributed by atoms with van der Waals surface area (Å²) in [4.78, 5) is 0. The molecule has 2 heterocycles. The molecule has 0 N–H and O–H groups in total. The van der Waals surface area contributed by atoms with Gasteiger partial charge in [-0.15, -0.1) is 0 Å². The summed E-state index contributed by atoms with van der Waals surface area (Å²) in [5.41, 5.74) is 0. The van der Waals surface area contributed by atoms with Crippen molar-refractivity contribution in [2.45, 2.75) is 76.8 Å². The minimum absolute atomic E-state index is 1.07. The molecule has 4 nitrogen and oxygen atoms in total. The van der Waals surface area contributed by atoms with Gasteiger partial charge in [-0.1, -0.05) is 12.1 Å². The molecule has 0 saturated heterocycles. The summed E-state index contributed by atoms with van der Waals surface area (Å²) in [6.07, 6.45) is 20.7. The SMILES string of the molecule is [Si]CCC[n+]1ccn(CCCCCCn2cc[n+](CCC[Si])c2)c1. The first-order valence-electron chi connectivity index (χ1n) is 9.20. The van der Waals surface area contributed by atoms with Crippen LogP contribution in [0, 0.1) is 0 Å². The smallest absolute Gasteiger partial charge is 0.237 e. The Balaban J connectivity index is 1.53. The summed E-state index contributed by atoms with van der Waals surface area (Å²) in [6.45, 7) is 4.47. The molecule has 2 aromatic rings. The normalized spacial score (nSPS) is 11.2. The van der Waals surface area contributed by atoms with Gasteiger partial charge in [-0.2, -0.15) is 0 Å². The summed E-state index contributed by atoms with van der Waals surface area (Å²) in [5, 5.41) is 0. The standard InChI is InChI=1S/C18H30N4Si2/c23-15-5-9-21-13-11-19(17-21)7-3-1-2-4-8-20-12-14-22(18-20)10-6-16-24/h11-14,17-18H,1-10,15-16H2/q+2. The molecule has 0 aliphatic heterocycles. The van der Waals surface area contributed by atoms with Crippen LogP contribution in [0.5, 0.6) is 0 Å². The van der Waals surface area contributed by atoms with Gasteiger partial charge in [0.25, 0.3) is 0 Å². The predicted molar refractivity (Wildman–Crippen MR) is 98.1 cm³/mol. The molecule has 2 aromatic heterocycles. The first kappa shape index (κ1) is 19.2. The minimum atomic E-state index is 1.07. The van der Waals surface area contributed by atoms with Crippen molar-refractivity contribution in [3.8, 4) is 0 Å². The monoisotopic (exact) mass is 358 g/mol. The summed E-state index contributed by atoms with van der Waals surface area (Å²) < 4.78 is 9.17. The highest BCUT2D eigenvalue weighted by Crippen LogP contribution is 2.04. The van der Waals surface area contributed by atoms with Gasteiger partial charge in [0.15, 0.2) is 0 Å². The highest BCUT2D eigenvalue weighted by Gasteiger charge is 2.04. The maximum atomic E-state index is 3.53. The molecule has 0 aliphatic rings. The third-order valence-corrected chi connectivity index (χ3v) is 4.97. The molecule has 0 atom stereocenters. The molecular weight excluding hydrogens is 328 g/mol. The zero-order chi connectivity index (χ0) is 17.0. The Bertz CT molecular complexity index is 515. The van der Waals surface area contributed by atoms with Crippen molar-refractivity contribution in [2.24, 2.45) is 0 Å². The van der Waals surface area contributed by atoms with E-state index in [9.17, 15) is 0 Å². The van der Waals surface area contributed by atoms with E-state index < -0.39 is 0 Å². The van der Waals surface area contributed by atoms with Gasteiger partial charge in [0, 0.05) is 20.5 Å². The van der Waals surface area contributed by atoms with E-state index in [2.05, 4.69) is 76.2 Å². The maximum absolute atomic E-state index is 3.53. The molecule has 0 aliphatic carbocycles. The van der Waals surface area contributed by atoms with Crippen LogP contribution in [0.1, 0.15) is 38.5 Å². The number of unbranched alkanes of at least 4 members (excludes halogenated alkanes) is 3. The molecule has 0 aromatic carbocycles. The Morgan fingerprint density at radius 3 is 1.50 bits per heavy atom. The number of rotatable bonds is 13. The average Bonchev–Trinajstić information content (AvgIpc) is 3.23. The van der Waals surface area contributed by atoms with E-state index in [1.54, 1.807) is 0 Å². The van der Waals surface area contributed by atoms with E-state index >= 15 is 0 Å². The lowest BCUT2D eigenvalue weighted by atomic mass is 10.2. The van der Waals surface area contributed by atoms with Gasteiger partial charge in [0.2, 0.25) is 12.7 Å². The van der Waals surface area contributed by atoms with Crippen LogP contribution in [-0.2, 0) is 26.2 Å². The predicted octanol–water partition coefficient (Wildman–Crippen LogP) is 2.08. The lowest BCUT2D eigenvalue weighted by Gasteiger charge is -1.99. The highest BCUT2D eigenvalue weighted by atomic mass is 28.1. The Hall–Kier alpha value is -1.15. The van der Waals surface area contributed by atoms with Crippen molar-refractivity contribution in [2.75, 3.05) is 0 Å². The van der Waals surface area contributed by atoms with Gasteiger partial charge in [-0.25, -0.2) is 18.3 Å². The fourth-order valence-corrected chi connectivity index (χ4v) is 3.19. The summed E-state index contributed by atoms with van der Waals surface area (Å²) >= 11 is 0. The Labute approximate surface area is 153 Å². The molecule has 24 heavy (non-hydrogen) atoms. The van der Waals surface area contributed by atoms with Gasteiger partial charge < -0.3 is 0 Å². The lowest BCUT2D eigenvalue weighted by molar-refractivity contribution is -0.696. The third-order valence-electron chi connectivity index (χ3n) is 4.26. The van der Waals surface area contributed by atoms with E-state index in [1.807, 2.05) is 0 Å². The molecule has 0 fully saturated rings. The first-order valence-corrected chi connectivity index (χ1v) is 10.6. The number of aromatic nitrogens is 4. The van der Waals surface area contributed by atoms with Crippen LogP contribution in [0.3, 0.4) is 0 Å². The minimum Gasteiger partial charge on any atom is -0.237 e. The van der Waals surface area contributed by atoms with Gasteiger partial charge in [0.05, 0.1) is 26.2 Å². The molecule has 6 heteroatoms. The average molecular weight is 359 g/mol. The summed E-state index contributed by atoms with van der Waals surface area (Å²) in [5.74, 6) is 0. The van der Waals surface area contributed by atoms with Crippen molar-refractivity contribution >= 4 is 20.5 Å². The Kier molecular flexibility index (Phi) is 9.12. The van der Waals surface area contributed by atoms with Crippen LogP contribution in [0.4, 0.5) is 0 Å². The molecule has 0 bridgehead atoms. The number of aryl methyl sites for hydroxylation is 4. The quantitative estimate of drug-likeness (QED) is 0.296. The van der Waals surface area contributed by atoms with Crippen molar-refractivity contribution in [3.05, 3.63) is 37.4 Å². The topological polar surface area (TPSA) is 17.6 Å². The lowest BCUT2D eigenvalue weighted by Crippen LogP contribution is -2.30. The van der Waals surface area contributed by atoms with E-state index in [4.69, 9.17) is 0 Å². The van der Waals surface area contributed by atoms with Gasteiger partial charge in [0.1, 0.15) is 24.8 Å². The molecule has 128 valence electrons. The zero-order valence-corrected chi connectivity index (χ0v) is 16.7. The molecule has 0 amide bonds. The molecule has 6 radical (unpaired) electrons. The van der Waals surface area contributed by atoms with E-state index in [0.29, 0.717) is 0 Å². The van der Waals surface area contributed by atoms with Crippen LogP contribution in [0.15, 0.2) is 37.4 Å². The fraction of sp³-hybridized carbons (Fsp3) is 0.667. The maximum Gasteiger partial charge on any atom is 0.243 e. The van der Waals surface area contributed by atoms with Gasteiger partial charge in [-0.05, 0) is 38.5 Å². The number of hydrogen-bond donors (Lipinski definition) is 0. The van der Waals surface area contributed by atoms with Crippen molar-refractivity contribution < 1.29 is 9.13 Å². The second-order valence-electron chi connectivity index (χ2n) is 6.40. The highest BCUT2D eigenvalue weighted by molar-refractivity contribution is 6.08. The molecular formula is C18H30N4Si2+2. The Morgan fingerprint density at radius 2 is 1.08 bits per heavy atom. The second-order valence-corrected chi connectivity index (χ2v) is 7.40. The largest absolute Gasteiger partial charge is 0.243 e. The van der Waals surface area contributed by atoms with Gasteiger partial charge in [-0.3, -0.25) is 0 Å². The van der Waals surface area contributed by atoms with E-state index in [0.717, 1.165) is 38.3 Å². The first-order chi connectivity index (χ1) is 11.8. The summed E-state index contributed by atoms with van der Waals surface area (Å²) in [7, 11) is 7.06. The molecule has 0 unspecified atom stereocenters. The molecule has 0 spiro atoms. The van der Waals surface area contributed by atoms with Crippen molar-refractivity contribution in [3.63, 3.8) is 0 Å². The van der Waals surface area contributed by atoms with Crippen molar-refractivity contribution in [1.29, 1.82) is 0 Å². The van der Waals surface area contributed by atoms with E-state index in [-0.39, 0.29) is 0 Å². The van der Waals surface area contributed by atoms with Crippen LogP contribution in [0.25, 0.3) is 0 Å². The van der Waals surface area contributed by atoms with Crippen LogP contribution < -0.4 is 9.13 Å². The fourth-order valence-electron chi connectivity index (χ4n) is 2.87. The number of hydrogen-bond acceptors (Lipinski definition) is 0. The van der Waals surface area contributed by atoms with E-state index in [1.165, 1.54) is 38.5 Å². The van der Waals surface area contributed by atoms with Crippen LogP contribution in [-0.4, -0.2) is 29.6 Å². The second kappa shape index (κ2) is 11.4. The zero-order valence-electron chi connectivity index (χ0n) is 14.7. The van der Waals surface area contributed by atoms with Crippen LogP contribution in [0.2, 0.25) is 12.1 Å². The van der Waals surface area contributed by atoms with Crippen LogP contribution >= 0.6 is 0 Å². The van der Waals surface area contributed by atoms with Gasteiger partial charge >= 0.3 is 0 Å². The van der Waals surface area contributed by atoms with Crippen molar-refractivity contribution in [1.82, 2.24) is 9.13 Å². The summed E-state index contributed by atoms with van der Waals surface area (Å²) in [6, 6.07) is 2.13. The molecule has 2 rings (SSSR count). The third kappa shape index (κ3) is 7.17. The molecule has 0 saturated carbocycles.